The fourth-order valence-corrected chi connectivity index (χ4v) is 4.27. The van der Waals surface area contributed by atoms with E-state index in [9.17, 15) is 0 Å². The fraction of sp³-hybridized carbons (Fsp3) is 0.875. The number of nitrogens with one attached hydrogen (secondary N) is 1. The van der Waals surface area contributed by atoms with Gasteiger partial charge < -0.3 is 5.32 Å². The molecule has 2 nitrogen and oxygen atoms in total. The molecule has 0 radical (unpaired) electrons. The summed E-state index contributed by atoms with van der Waals surface area (Å²) in [5.41, 5.74) is 2.43. The molecule has 1 N–H and O–H groups in total. The third-order valence-corrected chi connectivity index (χ3v) is 5.90. The molecule has 1 heterocycles. The van der Waals surface area contributed by atoms with Crippen molar-refractivity contribution in [2.24, 2.45) is 5.92 Å². The lowest BCUT2D eigenvalue weighted by atomic mass is 9.76. The zero-order chi connectivity index (χ0) is 13.3. The molecular weight excluding hydrogens is 256 g/mol. The molecule has 108 valence electrons. The SMILES string of the molecule is CC1(C2CC2)CNC2(CCCCC2)CN1C/C=C/Cl. The van der Waals surface area contributed by atoms with Gasteiger partial charge in [0.2, 0.25) is 0 Å². The third-order valence-electron chi connectivity index (χ3n) is 5.72. The summed E-state index contributed by atoms with van der Waals surface area (Å²) in [6.07, 6.45) is 11.9. The van der Waals surface area contributed by atoms with Crippen LogP contribution in [0.15, 0.2) is 11.6 Å². The quantitative estimate of drug-likeness (QED) is 0.852. The van der Waals surface area contributed by atoms with Crippen LogP contribution >= 0.6 is 11.6 Å². The van der Waals surface area contributed by atoms with Gasteiger partial charge in [0.1, 0.15) is 0 Å². The lowest BCUT2D eigenvalue weighted by molar-refractivity contribution is -0.00353. The van der Waals surface area contributed by atoms with Crippen LogP contribution in [0.1, 0.15) is 51.9 Å². The molecule has 3 fully saturated rings. The summed E-state index contributed by atoms with van der Waals surface area (Å²) in [7, 11) is 0. The molecule has 0 aromatic rings. The van der Waals surface area contributed by atoms with Gasteiger partial charge in [-0.25, -0.2) is 0 Å². The van der Waals surface area contributed by atoms with Crippen molar-refractivity contribution in [1.82, 2.24) is 10.2 Å². The third kappa shape index (κ3) is 2.72. The van der Waals surface area contributed by atoms with E-state index in [4.69, 9.17) is 11.6 Å². The average Bonchev–Trinajstić information content (AvgIpc) is 3.26. The summed E-state index contributed by atoms with van der Waals surface area (Å²) in [6.45, 7) is 5.84. The second-order valence-electron chi connectivity index (χ2n) is 7.07. The van der Waals surface area contributed by atoms with E-state index < -0.39 is 0 Å². The van der Waals surface area contributed by atoms with Gasteiger partial charge in [-0.3, -0.25) is 4.90 Å². The van der Waals surface area contributed by atoms with Crippen molar-refractivity contribution in [3.05, 3.63) is 11.6 Å². The number of piperazine rings is 1. The summed E-state index contributed by atoms with van der Waals surface area (Å²) in [6, 6.07) is 0. The summed E-state index contributed by atoms with van der Waals surface area (Å²) in [5, 5.41) is 3.95. The van der Waals surface area contributed by atoms with Crippen LogP contribution in [0.5, 0.6) is 0 Å². The molecule has 2 aliphatic carbocycles. The Hall–Kier alpha value is -0.0500. The van der Waals surface area contributed by atoms with E-state index in [1.54, 1.807) is 5.54 Å². The van der Waals surface area contributed by atoms with Gasteiger partial charge in [0, 0.05) is 36.2 Å². The highest BCUT2D eigenvalue weighted by molar-refractivity contribution is 6.25. The number of hydrogen-bond acceptors (Lipinski definition) is 2. The Bertz CT molecular complexity index is 345. The number of hydrogen-bond donors (Lipinski definition) is 1. The van der Waals surface area contributed by atoms with Gasteiger partial charge in [0.05, 0.1) is 0 Å². The van der Waals surface area contributed by atoms with Crippen LogP contribution in [0.4, 0.5) is 0 Å². The number of rotatable bonds is 3. The maximum absolute atomic E-state index is 5.76. The van der Waals surface area contributed by atoms with Crippen LogP contribution in [-0.2, 0) is 0 Å². The minimum atomic E-state index is 0.346. The van der Waals surface area contributed by atoms with Gasteiger partial charge in [-0.05, 0) is 38.5 Å². The van der Waals surface area contributed by atoms with Gasteiger partial charge >= 0.3 is 0 Å². The van der Waals surface area contributed by atoms with E-state index in [0.29, 0.717) is 11.1 Å². The van der Waals surface area contributed by atoms with Crippen molar-refractivity contribution < 1.29 is 0 Å². The summed E-state index contributed by atoms with van der Waals surface area (Å²) >= 11 is 5.76. The highest BCUT2D eigenvalue weighted by Gasteiger charge is 2.51. The molecule has 3 aliphatic rings. The average molecular weight is 283 g/mol. The molecule has 0 aromatic heterocycles. The lowest BCUT2D eigenvalue weighted by Gasteiger charge is -2.55. The van der Waals surface area contributed by atoms with Gasteiger partial charge in [-0.1, -0.05) is 36.9 Å². The maximum atomic E-state index is 5.76. The molecule has 1 saturated heterocycles. The molecular formula is C16H27ClN2. The summed E-state index contributed by atoms with van der Waals surface area (Å²) in [5.74, 6) is 0.893. The minimum absolute atomic E-state index is 0.346. The number of nitrogens with zero attached hydrogens (tertiary/aromatic N) is 1. The van der Waals surface area contributed by atoms with Crippen molar-refractivity contribution >= 4 is 11.6 Å². The van der Waals surface area contributed by atoms with Crippen LogP contribution in [0.25, 0.3) is 0 Å². The van der Waals surface area contributed by atoms with Gasteiger partial charge in [-0.2, -0.15) is 0 Å². The molecule has 1 unspecified atom stereocenters. The van der Waals surface area contributed by atoms with Crippen molar-refractivity contribution in [1.29, 1.82) is 0 Å². The summed E-state index contributed by atoms with van der Waals surface area (Å²) in [4.78, 5) is 2.71. The molecule has 2 saturated carbocycles. The molecule has 1 atom stereocenters. The van der Waals surface area contributed by atoms with E-state index in [1.807, 2.05) is 0 Å². The Balaban J connectivity index is 1.75. The first-order chi connectivity index (χ1) is 9.19. The normalized spacial score (nSPS) is 36.1. The smallest absolute Gasteiger partial charge is 0.0338 e. The Morgan fingerprint density at radius 3 is 2.63 bits per heavy atom. The molecule has 0 aromatic carbocycles. The van der Waals surface area contributed by atoms with Crippen LogP contribution in [-0.4, -0.2) is 35.6 Å². The molecule has 3 heteroatoms. The second kappa shape index (κ2) is 5.38. The van der Waals surface area contributed by atoms with Crippen LogP contribution in [0, 0.1) is 5.92 Å². The van der Waals surface area contributed by atoms with Gasteiger partial charge in [-0.15, -0.1) is 0 Å². The van der Waals surface area contributed by atoms with E-state index in [0.717, 1.165) is 19.0 Å². The zero-order valence-corrected chi connectivity index (χ0v) is 12.9. The lowest BCUT2D eigenvalue weighted by Crippen LogP contribution is -2.70. The molecule has 0 bridgehead atoms. The predicted molar refractivity (Wildman–Crippen MR) is 81.5 cm³/mol. The van der Waals surface area contributed by atoms with E-state index in [-0.39, 0.29) is 0 Å². The Labute approximate surface area is 122 Å². The Morgan fingerprint density at radius 2 is 2.00 bits per heavy atom. The van der Waals surface area contributed by atoms with Crippen molar-refractivity contribution in [3.63, 3.8) is 0 Å². The Kier molecular flexibility index (Phi) is 3.94. The molecule has 0 amide bonds. The number of halogens is 1. The monoisotopic (exact) mass is 282 g/mol. The molecule has 1 aliphatic heterocycles. The van der Waals surface area contributed by atoms with Crippen LogP contribution in [0.3, 0.4) is 0 Å². The fourth-order valence-electron chi connectivity index (χ4n) is 4.19. The highest BCUT2D eigenvalue weighted by Crippen LogP contribution is 2.46. The maximum Gasteiger partial charge on any atom is 0.0338 e. The Morgan fingerprint density at radius 1 is 1.26 bits per heavy atom. The molecule has 3 rings (SSSR count). The molecule has 1 spiro atoms. The van der Waals surface area contributed by atoms with Crippen LogP contribution < -0.4 is 5.32 Å². The topological polar surface area (TPSA) is 15.3 Å². The highest BCUT2D eigenvalue weighted by atomic mass is 35.5. The first kappa shape index (κ1) is 13.9. The van der Waals surface area contributed by atoms with Gasteiger partial charge in [0.25, 0.3) is 0 Å². The first-order valence-corrected chi connectivity index (χ1v) is 8.38. The van der Waals surface area contributed by atoms with Crippen LogP contribution in [0.2, 0.25) is 0 Å². The summed E-state index contributed by atoms with van der Waals surface area (Å²) < 4.78 is 0. The van der Waals surface area contributed by atoms with E-state index >= 15 is 0 Å². The predicted octanol–water partition coefficient (Wildman–Crippen LogP) is 3.52. The minimum Gasteiger partial charge on any atom is -0.308 e. The first-order valence-electron chi connectivity index (χ1n) is 7.94. The van der Waals surface area contributed by atoms with E-state index in [2.05, 4.69) is 23.2 Å². The standard InChI is InChI=1S/C16H27ClN2/c1-15(14-6-7-14)12-18-16(8-3-2-4-9-16)13-19(15)11-5-10-17/h5,10,14,18H,2-4,6-9,11-13H2,1H3/b10-5+. The largest absolute Gasteiger partial charge is 0.308 e. The second-order valence-corrected chi connectivity index (χ2v) is 7.32. The zero-order valence-electron chi connectivity index (χ0n) is 12.1. The molecule has 19 heavy (non-hydrogen) atoms. The van der Waals surface area contributed by atoms with Gasteiger partial charge in [0.15, 0.2) is 0 Å². The van der Waals surface area contributed by atoms with Crippen molar-refractivity contribution in [3.8, 4) is 0 Å². The van der Waals surface area contributed by atoms with Crippen molar-refractivity contribution in [2.75, 3.05) is 19.6 Å². The van der Waals surface area contributed by atoms with Crippen molar-refractivity contribution in [2.45, 2.75) is 62.9 Å². The van der Waals surface area contributed by atoms with E-state index in [1.165, 1.54) is 51.5 Å².